The summed E-state index contributed by atoms with van der Waals surface area (Å²) in [6, 6.07) is 6.74. The molecule has 0 unspecified atom stereocenters. The number of fused-ring (bicyclic) bond motifs is 1. The monoisotopic (exact) mass is 214 g/mol. The number of aryl methyl sites for hydroxylation is 2. The molecule has 1 aromatic rings. The number of hydrogen-bond donors (Lipinski definition) is 0. The fourth-order valence-corrected chi connectivity index (χ4v) is 2.32. The first-order valence-corrected chi connectivity index (χ1v) is 6.02. The maximum absolute atomic E-state index is 10.3. The fourth-order valence-electron chi connectivity index (χ4n) is 2.32. The van der Waals surface area contributed by atoms with Gasteiger partial charge in [-0.15, -0.1) is 0 Å². The molecule has 1 aromatic carbocycles. The maximum atomic E-state index is 10.3. The van der Waals surface area contributed by atoms with Crippen molar-refractivity contribution in [3.05, 3.63) is 40.5 Å². The summed E-state index contributed by atoms with van der Waals surface area (Å²) >= 11 is 0. The molecule has 1 heteroatoms. The van der Waals surface area contributed by atoms with E-state index >= 15 is 0 Å². The standard InChI is InChI=1S/C15H18O/c1-12(4-3-9-16)10-13-7-8-14-5-2-6-15(14)11-13/h7-11H,2-6H2,1H3/b12-10+. The van der Waals surface area contributed by atoms with Crippen molar-refractivity contribution in [2.75, 3.05) is 0 Å². The zero-order chi connectivity index (χ0) is 11.4. The van der Waals surface area contributed by atoms with Gasteiger partial charge < -0.3 is 4.79 Å². The van der Waals surface area contributed by atoms with Gasteiger partial charge in [-0.05, 0) is 49.3 Å². The average Bonchev–Trinajstić information content (AvgIpc) is 2.73. The van der Waals surface area contributed by atoms with Crippen LogP contribution in [0.4, 0.5) is 0 Å². The molecule has 0 bridgehead atoms. The van der Waals surface area contributed by atoms with Crippen molar-refractivity contribution < 1.29 is 4.79 Å². The van der Waals surface area contributed by atoms with E-state index in [2.05, 4.69) is 31.2 Å². The summed E-state index contributed by atoms with van der Waals surface area (Å²) in [6.45, 7) is 2.09. The molecule has 0 saturated heterocycles. The van der Waals surface area contributed by atoms with Gasteiger partial charge in [0, 0.05) is 6.42 Å². The summed E-state index contributed by atoms with van der Waals surface area (Å²) in [5, 5.41) is 0. The second-order valence-corrected chi connectivity index (χ2v) is 4.58. The zero-order valence-electron chi connectivity index (χ0n) is 9.83. The SMILES string of the molecule is C/C(=C\c1ccc2c(c1)CCC2)CCC=O. The Balaban J connectivity index is 2.12. The molecule has 0 amide bonds. The van der Waals surface area contributed by atoms with Crippen LogP contribution in [0.2, 0.25) is 0 Å². The quantitative estimate of drug-likeness (QED) is 0.700. The van der Waals surface area contributed by atoms with Gasteiger partial charge in [-0.1, -0.05) is 29.8 Å². The van der Waals surface area contributed by atoms with E-state index in [0.717, 1.165) is 12.7 Å². The minimum Gasteiger partial charge on any atom is -0.303 e. The van der Waals surface area contributed by atoms with Gasteiger partial charge >= 0.3 is 0 Å². The van der Waals surface area contributed by atoms with Gasteiger partial charge in [-0.25, -0.2) is 0 Å². The molecule has 2 rings (SSSR count). The third-order valence-corrected chi connectivity index (χ3v) is 3.19. The number of allylic oxidation sites excluding steroid dienone is 1. The number of hydrogen-bond acceptors (Lipinski definition) is 1. The predicted octanol–water partition coefficient (Wildman–Crippen LogP) is 3.56. The van der Waals surface area contributed by atoms with Crippen LogP contribution in [0.3, 0.4) is 0 Å². The topological polar surface area (TPSA) is 17.1 Å². The van der Waals surface area contributed by atoms with Gasteiger partial charge in [0.1, 0.15) is 6.29 Å². The Morgan fingerprint density at radius 1 is 1.31 bits per heavy atom. The van der Waals surface area contributed by atoms with Crippen LogP contribution in [-0.4, -0.2) is 6.29 Å². The average molecular weight is 214 g/mol. The van der Waals surface area contributed by atoms with Crippen LogP contribution in [0.5, 0.6) is 0 Å². The molecular formula is C15H18O. The summed E-state index contributed by atoms with van der Waals surface area (Å²) in [7, 11) is 0. The molecule has 1 aliphatic carbocycles. The van der Waals surface area contributed by atoms with Gasteiger partial charge in [-0.2, -0.15) is 0 Å². The van der Waals surface area contributed by atoms with Crippen LogP contribution in [0, 0.1) is 0 Å². The van der Waals surface area contributed by atoms with Crippen LogP contribution in [-0.2, 0) is 17.6 Å². The number of aldehydes is 1. The van der Waals surface area contributed by atoms with Crippen LogP contribution in [0.25, 0.3) is 6.08 Å². The summed E-state index contributed by atoms with van der Waals surface area (Å²) in [4.78, 5) is 10.3. The minimum absolute atomic E-state index is 0.632. The lowest BCUT2D eigenvalue weighted by Gasteiger charge is -2.02. The molecule has 0 aliphatic heterocycles. The summed E-state index contributed by atoms with van der Waals surface area (Å²) < 4.78 is 0. The Kier molecular flexibility index (Phi) is 3.55. The van der Waals surface area contributed by atoms with E-state index in [-0.39, 0.29) is 0 Å². The Bertz CT molecular complexity index is 415. The van der Waals surface area contributed by atoms with E-state index in [1.54, 1.807) is 0 Å². The molecule has 0 aromatic heterocycles. The number of rotatable bonds is 4. The van der Waals surface area contributed by atoms with Crippen molar-refractivity contribution in [3.8, 4) is 0 Å². The molecule has 16 heavy (non-hydrogen) atoms. The van der Waals surface area contributed by atoms with E-state index in [1.807, 2.05) is 0 Å². The highest BCUT2D eigenvalue weighted by Crippen LogP contribution is 2.24. The third kappa shape index (κ3) is 2.60. The number of benzene rings is 1. The molecule has 0 radical (unpaired) electrons. The van der Waals surface area contributed by atoms with Gasteiger partial charge in [0.05, 0.1) is 0 Å². The molecule has 0 fully saturated rings. The minimum atomic E-state index is 0.632. The first-order valence-electron chi connectivity index (χ1n) is 6.02. The van der Waals surface area contributed by atoms with Crippen LogP contribution in [0.1, 0.15) is 42.9 Å². The summed E-state index contributed by atoms with van der Waals surface area (Å²) in [6.07, 6.45) is 8.45. The van der Waals surface area contributed by atoms with Crippen molar-refractivity contribution in [1.29, 1.82) is 0 Å². The zero-order valence-corrected chi connectivity index (χ0v) is 9.83. The van der Waals surface area contributed by atoms with E-state index in [1.165, 1.54) is 41.5 Å². The van der Waals surface area contributed by atoms with Crippen molar-refractivity contribution >= 4 is 12.4 Å². The first kappa shape index (κ1) is 11.1. The first-order chi connectivity index (χ1) is 7.79. The van der Waals surface area contributed by atoms with Crippen molar-refractivity contribution in [2.24, 2.45) is 0 Å². The second kappa shape index (κ2) is 5.11. The Hall–Kier alpha value is -1.37. The lowest BCUT2D eigenvalue weighted by Crippen LogP contribution is -1.85. The van der Waals surface area contributed by atoms with Gasteiger partial charge in [0.2, 0.25) is 0 Å². The summed E-state index contributed by atoms with van der Waals surface area (Å²) in [5.74, 6) is 0. The van der Waals surface area contributed by atoms with E-state index in [0.29, 0.717) is 6.42 Å². The predicted molar refractivity (Wildman–Crippen MR) is 67.4 cm³/mol. The van der Waals surface area contributed by atoms with Crippen LogP contribution >= 0.6 is 0 Å². The molecule has 0 heterocycles. The van der Waals surface area contributed by atoms with Crippen molar-refractivity contribution in [1.82, 2.24) is 0 Å². The van der Waals surface area contributed by atoms with Gasteiger partial charge in [0.25, 0.3) is 0 Å². The van der Waals surface area contributed by atoms with E-state index < -0.39 is 0 Å². The van der Waals surface area contributed by atoms with Crippen LogP contribution in [0.15, 0.2) is 23.8 Å². The van der Waals surface area contributed by atoms with Gasteiger partial charge in [-0.3, -0.25) is 0 Å². The maximum Gasteiger partial charge on any atom is 0.120 e. The highest BCUT2D eigenvalue weighted by Gasteiger charge is 2.09. The number of carbonyl (C=O) groups excluding carboxylic acids is 1. The fraction of sp³-hybridized carbons (Fsp3) is 0.400. The molecule has 84 valence electrons. The summed E-state index contributed by atoms with van der Waals surface area (Å²) in [5.41, 5.74) is 5.59. The van der Waals surface area contributed by atoms with Gasteiger partial charge in [0.15, 0.2) is 0 Å². The lowest BCUT2D eigenvalue weighted by atomic mass is 10.0. The third-order valence-electron chi connectivity index (χ3n) is 3.19. The lowest BCUT2D eigenvalue weighted by molar-refractivity contribution is -0.107. The highest BCUT2D eigenvalue weighted by atomic mass is 16.1. The van der Waals surface area contributed by atoms with Crippen LogP contribution < -0.4 is 0 Å². The largest absolute Gasteiger partial charge is 0.303 e. The molecule has 0 spiro atoms. The second-order valence-electron chi connectivity index (χ2n) is 4.58. The highest BCUT2D eigenvalue weighted by molar-refractivity contribution is 5.57. The molecule has 0 N–H and O–H groups in total. The van der Waals surface area contributed by atoms with E-state index in [4.69, 9.17) is 0 Å². The van der Waals surface area contributed by atoms with Crippen molar-refractivity contribution in [2.45, 2.75) is 39.0 Å². The molecule has 0 atom stereocenters. The Morgan fingerprint density at radius 3 is 2.94 bits per heavy atom. The molecule has 1 nitrogen and oxygen atoms in total. The Morgan fingerprint density at radius 2 is 2.12 bits per heavy atom. The number of carbonyl (C=O) groups is 1. The Labute approximate surface area is 97.2 Å². The normalized spacial score (nSPS) is 14.9. The van der Waals surface area contributed by atoms with Crippen molar-refractivity contribution in [3.63, 3.8) is 0 Å². The smallest absolute Gasteiger partial charge is 0.120 e. The van der Waals surface area contributed by atoms with E-state index in [9.17, 15) is 4.79 Å². The molecular weight excluding hydrogens is 196 g/mol. The molecule has 0 saturated carbocycles. The molecule has 1 aliphatic rings.